The fourth-order valence-electron chi connectivity index (χ4n) is 1.66. The molecule has 0 fully saturated rings. The lowest BCUT2D eigenvalue weighted by Gasteiger charge is -1.98. The molecule has 0 atom stereocenters. The molecule has 0 saturated heterocycles. The Bertz CT molecular complexity index is 468. The zero-order chi connectivity index (χ0) is 11.5. The van der Waals surface area contributed by atoms with Crippen molar-refractivity contribution in [3.63, 3.8) is 0 Å². The van der Waals surface area contributed by atoms with Crippen molar-refractivity contribution in [2.75, 3.05) is 6.54 Å². The van der Waals surface area contributed by atoms with E-state index in [1.54, 1.807) is 4.68 Å². The Morgan fingerprint density at radius 2 is 2.19 bits per heavy atom. The molecule has 1 N–H and O–H groups in total. The second kappa shape index (κ2) is 4.49. The molecule has 2 aromatic heterocycles. The average molecular weight is 219 g/mol. The van der Waals surface area contributed by atoms with E-state index in [0.29, 0.717) is 0 Å². The first kappa shape index (κ1) is 10.9. The minimum Gasteiger partial charge on any atom is -0.311 e. The van der Waals surface area contributed by atoms with Crippen molar-refractivity contribution >= 4 is 0 Å². The lowest BCUT2D eigenvalue weighted by molar-refractivity contribution is 0.696. The lowest BCUT2D eigenvalue weighted by Crippen LogP contribution is -2.12. The largest absolute Gasteiger partial charge is 0.311 e. The van der Waals surface area contributed by atoms with Crippen molar-refractivity contribution in [1.82, 2.24) is 24.9 Å². The van der Waals surface area contributed by atoms with E-state index >= 15 is 0 Å². The van der Waals surface area contributed by atoms with Gasteiger partial charge in [-0.1, -0.05) is 6.92 Å². The lowest BCUT2D eigenvalue weighted by atomic mass is 10.4. The van der Waals surface area contributed by atoms with E-state index in [4.69, 9.17) is 0 Å². The third kappa shape index (κ3) is 2.14. The van der Waals surface area contributed by atoms with Crippen molar-refractivity contribution in [2.24, 2.45) is 7.05 Å². The Labute approximate surface area is 95.1 Å². The summed E-state index contributed by atoms with van der Waals surface area (Å²) in [6.07, 6.45) is 3.94. The Morgan fingerprint density at radius 1 is 1.38 bits per heavy atom. The molecule has 0 aliphatic carbocycles. The predicted octanol–water partition coefficient (Wildman–Crippen LogP) is 1.02. The van der Waals surface area contributed by atoms with Gasteiger partial charge in [0.1, 0.15) is 5.69 Å². The molecule has 5 heteroatoms. The van der Waals surface area contributed by atoms with Crippen molar-refractivity contribution < 1.29 is 0 Å². The minimum atomic E-state index is 0.808. The molecular formula is C11H17N5. The average Bonchev–Trinajstić information content (AvgIpc) is 2.82. The number of aromatic nitrogens is 4. The van der Waals surface area contributed by atoms with Gasteiger partial charge in [0, 0.05) is 19.8 Å². The van der Waals surface area contributed by atoms with Crippen LogP contribution in [-0.2, 0) is 13.6 Å². The van der Waals surface area contributed by atoms with Gasteiger partial charge < -0.3 is 5.32 Å². The van der Waals surface area contributed by atoms with Gasteiger partial charge in [0.05, 0.1) is 17.6 Å². The van der Waals surface area contributed by atoms with Crippen molar-refractivity contribution in [3.05, 3.63) is 29.8 Å². The fourth-order valence-corrected chi connectivity index (χ4v) is 1.66. The first-order valence-corrected chi connectivity index (χ1v) is 5.46. The van der Waals surface area contributed by atoms with E-state index in [9.17, 15) is 0 Å². The smallest absolute Gasteiger partial charge is 0.105 e. The van der Waals surface area contributed by atoms with Crippen LogP contribution < -0.4 is 5.32 Å². The number of rotatable bonds is 4. The summed E-state index contributed by atoms with van der Waals surface area (Å²) in [7, 11) is 1.92. The van der Waals surface area contributed by atoms with Gasteiger partial charge in [0.2, 0.25) is 0 Å². The second-order valence-corrected chi connectivity index (χ2v) is 3.81. The summed E-state index contributed by atoms with van der Waals surface area (Å²) in [6, 6.07) is 2.02. The van der Waals surface area contributed by atoms with E-state index in [-0.39, 0.29) is 0 Å². The summed E-state index contributed by atoms with van der Waals surface area (Å²) in [5.41, 5.74) is 3.07. The molecule has 2 rings (SSSR count). The minimum absolute atomic E-state index is 0.808. The van der Waals surface area contributed by atoms with Crippen LogP contribution >= 0.6 is 0 Å². The molecule has 5 nitrogen and oxygen atoms in total. The monoisotopic (exact) mass is 219 g/mol. The maximum Gasteiger partial charge on any atom is 0.105 e. The summed E-state index contributed by atoms with van der Waals surface area (Å²) in [5.74, 6) is 0. The Hall–Kier alpha value is -1.62. The number of aryl methyl sites for hydroxylation is 2. The SMILES string of the molecule is CCNCc1ccn(-c2cn(C)nc2C)n1. The predicted molar refractivity (Wildman–Crippen MR) is 62.4 cm³/mol. The topological polar surface area (TPSA) is 47.7 Å². The van der Waals surface area contributed by atoms with E-state index in [0.717, 1.165) is 30.2 Å². The maximum atomic E-state index is 4.49. The van der Waals surface area contributed by atoms with Gasteiger partial charge in [0.15, 0.2) is 0 Å². The van der Waals surface area contributed by atoms with Gasteiger partial charge in [-0.2, -0.15) is 10.2 Å². The number of nitrogens with zero attached hydrogens (tertiary/aromatic N) is 4. The van der Waals surface area contributed by atoms with Gasteiger partial charge in [-0.3, -0.25) is 4.68 Å². The third-order valence-corrected chi connectivity index (χ3v) is 2.43. The summed E-state index contributed by atoms with van der Waals surface area (Å²) in [4.78, 5) is 0. The molecule has 0 unspecified atom stereocenters. The van der Waals surface area contributed by atoms with Crippen LogP contribution in [0.25, 0.3) is 5.69 Å². The first-order valence-electron chi connectivity index (χ1n) is 5.46. The molecule has 0 amide bonds. The summed E-state index contributed by atoms with van der Waals surface area (Å²) in [5, 5.41) is 12.0. The fraction of sp³-hybridized carbons (Fsp3) is 0.455. The molecular weight excluding hydrogens is 202 g/mol. The Morgan fingerprint density at radius 3 is 2.81 bits per heavy atom. The highest BCUT2D eigenvalue weighted by Gasteiger charge is 2.06. The Balaban J connectivity index is 2.21. The molecule has 86 valence electrons. The third-order valence-electron chi connectivity index (χ3n) is 2.43. The van der Waals surface area contributed by atoms with E-state index in [1.807, 2.05) is 37.1 Å². The highest BCUT2D eigenvalue weighted by Crippen LogP contribution is 2.11. The number of hydrogen-bond acceptors (Lipinski definition) is 3. The van der Waals surface area contributed by atoms with Crippen molar-refractivity contribution in [3.8, 4) is 5.69 Å². The van der Waals surface area contributed by atoms with Gasteiger partial charge >= 0.3 is 0 Å². The van der Waals surface area contributed by atoms with Gasteiger partial charge in [-0.15, -0.1) is 0 Å². The van der Waals surface area contributed by atoms with Crippen molar-refractivity contribution in [1.29, 1.82) is 0 Å². The molecule has 0 spiro atoms. The van der Waals surface area contributed by atoms with Crippen LogP contribution in [0, 0.1) is 6.92 Å². The number of nitrogens with one attached hydrogen (secondary N) is 1. The number of hydrogen-bond donors (Lipinski definition) is 1. The highest BCUT2D eigenvalue weighted by atomic mass is 15.3. The molecule has 0 radical (unpaired) electrons. The molecule has 16 heavy (non-hydrogen) atoms. The Kier molecular flexibility index (Phi) is 3.05. The van der Waals surface area contributed by atoms with Gasteiger partial charge in [0.25, 0.3) is 0 Å². The van der Waals surface area contributed by atoms with Crippen LogP contribution in [0.4, 0.5) is 0 Å². The molecule has 0 aromatic carbocycles. The molecule has 0 aliphatic heterocycles. The van der Waals surface area contributed by atoms with Crippen molar-refractivity contribution in [2.45, 2.75) is 20.4 Å². The van der Waals surface area contributed by atoms with Crippen LogP contribution in [0.5, 0.6) is 0 Å². The van der Waals surface area contributed by atoms with Gasteiger partial charge in [-0.25, -0.2) is 4.68 Å². The van der Waals surface area contributed by atoms with Crippen LogP contribution in [0.15, 0.2) is 18.5 Å². The summed E-state index contributed by atoms with van der Waals surface area (Å²) >= 11 is 0. The quantitative estimate of drug-likeness (QED) is 0.835. The van der Waals surface area contributed by atoms with Crippen LogP contribution in [-0.4, -0.2) is 26.1 Å². The maximum absolute atomic E-state index is 4.49. The van der Waals surface area contributed by atoms with E-state index in [2.05, 4.69) is 22.4 Å². The normalized spacial score (nSPS) is 10.9. The molecule has 2 heterocycles. The molecule has 0 aliphatic rings. The zero-order valence-electron chi connectivity index (χ0n) is 9.94. The van der Waals surface area contributed by atoms with E-state index < -0.39 is 0 Å². The first-order chi connectivity index (χ1) is 7.70. The standard InChI is InChI=1S/C11H17N5/c1-4-12-7-10-5-6-16(14-10)11-8-15(3)13-9(11)2/h5-6,8,12H,4,7H2,1-3H3. The van der Waals surface area contributed by atoms with E-state index in [1.165, 1.54) is 0 Å². The van der Waals surface area contributed by atoms with Crippen LogP contribution in [0.3, 0.4) is 0 Å². The highest BCUT2D eigenvalue weighted by molar-refractivity contribution is 5.32. The zero-order valence-corrected chi connectivity index (χ0v) is 9.94. The molecule has 0 saturated carbocycles. The summed E-state index contributed by atoms with van der Waals surface area (Å²) in [6.45, 7) is 5.84. The van der Waals surface area contributed by atoms with Gasteiger partial charge in [-0.05, 0) is 19.5 Å². The van der Waals surface area contributed by atoms with Crippen LogP contribution in [0.2, 0.25) is 0 Å². The second-order valence-electron chi connectivity index (χ2n) is 3.81. The molecule has 2 aromatic rings. The van der Waals surface area contributed by atoms with Crippen LogP contribution in [0.1, 0.15) is 18.3 Å². The molecule has 0 bridgehead atoms. The summed E-state index contributed by atoms with van der Waals surface area (Å²) < 4.78 is 3.67.